The minimum Gasteiger partial charge on any atom is -0.376 e. The van der Waals surface area contributed by atoms with Crippen molar-refractivity contribution in [1.82, 2.24) is 10.2 Å². The van der Waals surface area contributed by atoms with E-state index in [0.29, 0.717) is 12.2 Å². The Morgan fingerprint density at radius 1 is 1.31 bits per heavy atom. The predicted octanol–water partition coefficient (Wildman–Crippen LogP) is 3.71. The summed E-state index contributed by atoms with van der Waals surface area (Å²) in [5.74, 6) is 0.790. The topological polar surface area (TPSA) is 46.1 Å². The molecule has 3 fully saturated rings. The molecule has 0 radical (unpaired) electrons. The minimum atomic E-state index is -0.154. The van der Waals surface area contributed by atoms with Crippen LogP contribution in [0.3, 0.4) is 0 Å². The Morgan fingerprint density at radius 3 is 2.72 bits per heavy atom. The number of nitrogens with one attached hydrogen (secondary N) is 1. The van der Waals surface area contributed by atoms with Gasteiger partial charge in [-0.3, -0.25) is 4.99 Å². The molecule has 1 saturated carbocycles. The largest absolute Gasteiger partial charge is 0.376 e. The summed E-state index contributed by atoms with van der Waals surface area (Å²) in [6, 6.07) is 7.03. The van der Waals surface area contributed by atoms with Gasteiger partial charge < -0.3 is 19.7 Å². The number of hydrogen-bond acceptors (Lipinski definition) is 3. The van der Waals surface area contributed by atoms with Crippen molar-refractivity contribution in [3.63, 3.8) is 0 Å². The molecule has 0 amide bonds. The van der Waals surface area contributed by atoms with Crippen LogP contribution in [-0.4, -0.2) is 63.0 Å². The van der Waals surface area contributed by atoms with E-state index in [4.69, 9.17) is 9.47 Å². The Labute approximate surface area is 190 Å². The molecule has 0 bridgehead atoms. The van der Waals surface area contributed by atoms with Gasteiger partial charge in [0.1, 0.15) is 5.82 Å². The first-order valence-corrected chi connectivity index (χ1v) is 10.6. The fourth-order valence-corrected chi connectivity index (χ4v) is 4.37. The quantitative estimate of drug-likeness (QED) is 0.355. The van der Waals surface area contributed by atoms with E-state index in [-0.39, 0.29) is 35.2 Å². The van der Waals surface area contributed by atoms with Crippen LogP contribution in [0.15, 0.2) is 29.3 Å². The first-order chi connectivity index (χ1) is 13.7. The summed E-state index contributed by atoms with van der Waals surface area (Å²) in [5.41, 5.74) is 1.15. The van der Waals surface area contributed by atoms with Gasteiger partial charge in [-0.1, -0.05) is 12.1 Å². The molecule has 1 aliphatic carbocycles. The highest BCUT2D eigenvalue weighted by atomic mass is 127. The molecule has 1 unspecified atom stereocenters. The van der Waals surface area contributed by atoms with Crippen molar-refractivity contribution in [3.05, 3.63) is 35.6 Å². The van der Waals surface area contributed by atoms with Crippen molar-refractivity contribution >= 4 is 29.9 Å². The molecule has 1 N–H and O–H groups in total. The smallest absolute Gasteiger partial charge is 0.193 e. The average molecular weight is 517 g/mol. The maximum atomic E-state index is 13.6. The molecule has 162 valence electrons. The minimum absolute atomic E-state index is 0. The van der Waals surface area contributed by atoms with Gasteiger partial charge in [-0.05, 0) is 56.2 Å². The van der Waals surface area contributed by atoms with Crippen LogP contribution in [0.1, 0.15) is 44.1 Å². The van der Waals surface area contributed by atoms with Crippen LogP contribution < -0.4 is 5.32 Å². The number of aliphatic imine (C=N–C) groups is 1. The first kappa shape index (κ1) is 22.7. The van der Waals surface area contributed by atoms with Crippen molar-refractivity contribution < 1.29 is 13.9 Å². The van der Waals surface area contributed by atoms with Gasteiger partial charge in [0.15, 0.2) is 5.96 Å². The van der Waals surface area contributed by atoms with Crippen LogP contribution >= 0.6 is 24.0 Å². The zero-order valence-electron chi connectivity index (χ0n) is 17.2. The molecule has 0 spiro atoms. The van der Waals surface area contributed by atoms with Gasteiger partial charge in [0.05, 0.1) is 18.8 Å². The van der Waals surface area contributed by atoms with Gasteiger partial charge in [-0.15, -0.1) is 24.0 Å². The maximum Gasteiger partial charge on any atom is 0.193 e. The average Bonchev–Trinajstić information content (AvgIpc) is 3.33. The van der Waals surface area contributed by atoms with Crippen molar-refractivity contribution in [2.45, 2.75) is 56.1 Å². The molecule has 7 heteroatoms. The summed E-state index contributed by atoms with van der Waals surface area (Å²) in [5, 5.41) is 3.54. The number of piperidine rings is 1. The van der Waals surface area contributed by atoms with E-state index in [2.05, 4.69) is 15.2 Å². The highest BCUT2D eigenvalue weighted by Gasteiger charge is 2.44. The lowest BCUT2D eigenvalue weighted by atomic mass is 9.96. The van der Waals surface area contributed by atoms with Gasteiger partial charge in [-0.25, -0.2) is 4.39 Å². The second kappa shape index (κ2) is 10.4. The zero-order valence-corrected chi connectivity index (χ0v) is 19.6. The van der Waals surface area contributed by atoms with Crippen molar-refractivity contribution in [2.75, 3.05) is 39.9 Å². The van der Waals surface area contributed by atoms with E-state index in [1.807, 2.05) is 13.1 Å². The van der Waals surface area contributed by atoms with Crippen molar-refractivity contribution in [2.24, 2.45) is 4.99 Å². The van der Waals surface area contributed by atoms with Crippen LogP contribution in [0.25, 0.3) is 0 Å². The van der Waals surface area contributed by atoms with Crippen LogP contribution in [0.2, 0.25) is 0 Å². The van der Waals surface area contributed by atoms with Crippen LogP contribution in [-0.2, 0) is 14.9 Å². The molecular weight excluding hydrogens is 484 g/mol. The Hall–Kier alpha value is -0.930. The van der Waals surface area contributed by atoms with E-state index in [0.717, 1.165) is 82.9 Å². The molecule has 2 saturated heterocycles. The lowest BCUT2D eigenvalue weighted by Gasteiger charge is -2.35. The van der Waals surface area contributed by atoms with Gasteiger partial charge in [0.2, 0.25) is 0 Å². The third-order valence-corrected chi connectivity index (χ3v) is 6.37. The van der Waals surface area contributed by atoms with Crippen molar-refractivity contribution in [3.8, 4) is 0 Å². The molecular formula is C22H33FIN3O2. The summed E-state index contributed by atoms with van der Waals surface area (Å²) in [4.78, 5) is 6.80. The van der Waals surface area contributed by atoms with Crippen LogP contribution in [0.5, 0.6) is 0 Å². The fourth-order valence-electron chi connectivity index (χ4n) is 4.37. The van der Waals surface area contributed by atoms with Crippen LogP contribution in [0.4, 0.5) is 4.39 Å². The third kappa shape index (κ3) is 5.82. The molecule has 5 nitrogen and oxygen atoms in total. The standard InChI is InChI=1S/C22H32FN3O2.HI/c1-24-21(25-16-22(9-10-22)17-4-2-5-18(23)14-17)26-11-7-19(8-12-26)28-15-20-6-3-13-27-20;/h2,4-5,14,19-20H,3,6-13,15-16H2,1H3,(H,24,25);1H. The molecule has 1 aromatic carbocycles. The van der Waals surface area contributed by atoms with Gasteiger partial charge in [0.25, 0.3) is 0 Å². The number of nitrogens with zero attached hydrogens (tertiary/aromatic N) is 2. The second-order valence-corrected chi connectivity index (χ2v) is 8.35. The number of rotatable bonds is 6. The highest BCUT2D eigenvalue weighted by Crippen LogP contribution is 2.47. The molecule has 1 atom stereocenters. The number of ether oxygens (including phenoxy) is 2. The van der Waals surface area contributed by atoms with Gasteiger partial charge in [0, 0.05) is 38.7 Å². The summed E-state index contributed by atoms with van der Waals surface area (Å²) >= 11 is 0. The molecule has 2 heterocycles. The first-order valence-electron chi connectivity index (χ1n) is 10.6. The van der Waals surface area contributed by atoms with E-state index in [1.54, 1.807) is 12.1 Å². The van der Waals surface area contributed by atoms with E-state index in [9.17, 15) is 4.39 Å². The Morgan fingerprint density at radius 2 is 2.10 bits per heavy atom. The molecule has 2 aliphatic heterocycles. The maximum absolute atomic E-state index is 13.6. The fraction of sp³-hybridized carbons (Fsp3) is 0.682. The SMILES string of the molecule is CN=C(NCC1(c2cccc(F)c2)CC1)N1CCC(OCC2CCCO2)CC1.I. The number of hydrogen-bond donors (Lipinski definition) is 1. The number of benzene rings is 1. The summed E-state index contributed by atoms with van der Waals surface area (Å²) < 4.78 is 25.3. The molecule has 1 aromatic rings. The van der Waals surface area contributed by atoms with Crippen LogP contribution in [0, 0.1) is 5.82 Å². The monoisotopic (exact) mass is 517 g/mol. The lowest BCUT2D eigenvalue weighted by molar-refractivity contribution is -0.0367. The molecule has 0 aromatic heterocycles. The van der Waals surface area contributed by atoms with E-state index >= 15 is 0 Å². The number of halogens is 2. The van der Waals surface area contributed by atoms with E-state index < -0.39 is 0 Å². The zero-order chi connectivity index (χ0) is 19.4. The molecule has 29 heavy (non-hydrogen) atoms. The molecule has 3 aliphatic rings. The Bertz CT molecular complexity index is 684. The third-order valence-electron chi connectivity index (χ3n) is 6.37. The Balaban J connectivity index is 0.00000240. The lowest BCUT2D eigenvalue weighted by Crippen LogP contribution is -2.48. The summed E-state index contributed by atoms with van der Waals surface area (Å²) in [7, 11) is 1.84. The van der Waals surface area contributed by atoms with Gasteiger partial charge in [-0.2, -0.15) is 0 Å². The predicted molar refractivity (Wildman–Crippen MR) is 124 cm³/mol. The number of likely N-dealkylation sites (tertiary alicyclic amines) is 1. The van der Waals surface area contributed by atoms with E-state index in [1.165, 1.54) is 6.07 Å². The van der Waals surface area contributed by atoms with Gasteiger partial charge >= 0.3 is 0 Å². The summed E-state index contributed by atoms with van der Waals surface area (Å²) in [6.45, 7) is 4.31. The number of guanidine groups is 1. The Kier molecular flexibility index (Phi) is 8.15. The van der Waals surface area contributed by atoms with Crippen molar-refractivity contribution in [1.29, 1.82) is 0 Å². The molecule has 4 rings (SSSR count). The normalized spacial score (nSPS) is 24.3. The second-order valence-electron chi connectivity index (χ2n) is 8.35. The highest BCUT2D eigenvalue weighted by molar-refractivity contribution is 14.0. The summed E-state index contributed by atoms with van der Waals surface area (Å²) in [6.07, 6.45) is 7.13.